The van der Waals surface area contributed by atoms with Crippen LogP contribution in [-0.2, 0) is 13.0 Å². The zero-order chi connectivity index (χ0) is 21.2. The smallest absolute Gasteiger partial charge is 0.117 e. The molecule has 3 aromatic heterocycles. The SMILES string of the molecule is N/C=C\n1c(C2CCCCC2)nc(-c2cc3c([nH]2)C(c2ccsc2)=CC=CC3)c1CN. The lowest BCUT2D eigenvalue weighted by Crippen LogP contribution is -2.12. The maximum absolute atomic E-state index is 6.24. The number of fused-ring (bicyclic) bond motifs is 1. The number of imidazole rings is 1. The van der Waals surface area contributed by atoms with Crippen molar-refractivity contribution in [3.05, 3.63) is 75.7 Å². The third-order valence-electron chi connectivity index (χ3n) is 6.43. The number of nitrogens with one attached hydrogen (secondary N) is 1. The van der Waals surface area contributed by atoms with Gasteiger partial charge >= 0.3 is 0 Å². The fourth-order valence-electron chi connectivity index (χ4n) is 4.92. The lowest BCUT2D eigenvalue weighted by molar-refractivity contribution is 0.426. The van der Waals surface area contributed by atoms with Crippen molar-refractivity contribution in [3.63, 3.8) is 0 Å². The van der Waals surface area contributed by atoms with Crippen molar-refractivity contribution in [1.29, 1.82) is 0 Å². The van der Waals surface area contributed by atoms with Crippen molar-refractivity contribution in [3.8, 4) is 11.4 Å². The molecular formula is C25H29N5S. The van der Waals surface area contributed by atoms with Crippen LogP contribution in [0.25, 0.3) is 23.2 Å². The summed E-state index contributed by atoms with van der Waals surface area (Å²) in [5.41, 5.74) is 20.0. The van der Waals surface area contributed by atoms with Crippen LogP contribution >= 0.6 is 11.3 Å². The van der Waals surface area contributed by atoms with E-state index in [0.29, 0.717) is 12.5 Å². The van der Waals surface area contributed by atoms with E-state index in [4.69, 9.17) is 16.5 Å². The van der Waals surface area contributed by atoms with Crippen LogP contribution in [0.4, 0.5) is 0 Å². The second kappa shape index (κ2) is 8.73. The molecule has 31 heavy (non-hydrogen) atoms. The van der Waals surface area contributed by atoms with E-state index >= 15 is 0 Å². The van der Waals surface area contributed by atoms with E-state index in [9.17, 15) is 0 Å². The van der Waals surface area contributed by atoms with Gasteiger partial charge in [0.25, 0.3) is 0 Å². The summed E-state index contributed by atoms with van der Waals surface area (Å²) in [7, 11) is 0. The van der Waals surface area contributed by atoms with Gasteiger partial charge in [-0.15, -0.1) is 0 Å². The lowest BCUT2D eigenvalue weighted by atomic mass is 9.88. The third kappa shape index (κ3) is 3.70. The number of H-pyrrole nitrogens is 1. The molecule has 2 aliphatic carbocycles. The van der Waals surface area contributed by atoms with Gasteiger partial charge < -0.3 is 21.0 Å². The van der Waals surface area contributed by atoms with E-state index in [1.165, 1.54) is 54.5 Å². The summed E-state index contributed by atoms with van der Waals surface area (Å²) >= 11 is 1.72. The molecule has 160 valence electrons. The molecule has 1 saturated carbocycles. The second-order valence-corrected chi connectivity index (χ2v) is 9.10. The van der Waals surface area contributed by atoms with Gasteiger partial charge in [0.15, 0.2) is 0 Å². The van der Waals surface area contributed by atoms with Crippen LogP contribution in [0.2, 0.25) is 0 Å². The molecule has 0 spiro atoms. The van der Waals surface area contributed by atoms with Crippen LogP contribution in [0.15, 0.2) is 47.3 Å². The van der Waals surface area contributed by atoms with Gasteiger partial charge in [-0.3, -0.25) is 0 Å². The fourth-order valence-corrected chi connectivity index (χ4v) is 5.58. The summed E-state index contributed by atoms with van der Waals surface area (Å²) in [6.45, 7) is 0.413. The summed E-state index contributed by atoms with van der Waals surface area (Å²) in [5.74, 6) is 1.55. The molecule has 0 radical (unpaired) electrons. The molecule has 2 aliphatic rings. The predicted molar refractivity (Wildman–Crippen MR) is 129 cm³/mol. The van der Waals surface area contributed by atoms with Crippen LogP contribution < -0.4 is 11.5 Å². The Kier molecular flexibility index (Phi) is 5.66. The quantitative estimate of drug-likeness (QED) is 0.507. The first-order chi connectivity index (χ1) is 15.3. The van der Waals surface area contributed by atoms with Crippen molar-refractivity contribution in [2.24, 2.45) is 11.5 Å². The van der Waals surface area contributed by atoms with Crippen molar-refractivity contribution in [2.75, 3.05) is 0 Å². The maximum atomic E-state index is 6.24. The molecule has 0 unspecified atom stereocenters. The Morgan fingerprint density at radius 2 is 2.13 bits per heavy atom. The number of hydrogen-bond acceptors (Lipinski definition) is 4. The number of nitrogens with two attached hydrogens (primary N) is 2. The Bertz CT molecular complexity index is 1140. The molecule has 0 aliphatic heterocycles. The zero-order valence-electron chi connectivity index (χ0n) is 17.7. The fraction of sp³-hybridized carbons (Fsp3) is 0.320. The lowest BCUT2D eigenvalue weighted by Gasteiger charge is -2.21. The van der Waals surface area contributed by atoms with E-state index in [1.54, 1.807) is 17.5 Å². The Morgan fingerprint density at radius 3 is 2.87 bits per heavy atom. The van der Waals surface area contributed by atoms with Gasteiger partial charge in [-0.25, -0.2) is 4.98 Å². The Balaban J connectivity index is 1.62. The van der Waals surface area contributed by atoms with Gasteiger partial charge in [-0.2, -0.15) is 11.3 Å². The Hall–Kier alpha value is -2.83. The highest BCUT2D eigenvalue weighted by Crippen LogP contribution is 2.37. The summed E-state index contributed by atoms with van der Waals surface area (Å²) < 4.78 is 2.13. The largest absolute Gasteiger partial charge is 0.403 e. The van der Waals surface area contributed by atoms with Crippen molar-refractivity contribution < 1.29 is 0 Å². The van der Waals surface area contributed by atoms with E-state index in [2.05, 4.69) is 50.7 Å². The minimum Gasteiger partial charge on any atom is -0.403 e. The number of aromatic amines is 1. The number of nitrogens with zero attached hydrogens (tertiary/aromatic N) is 2. The van der Waals surface area contributed by atoms with E-state index < -0.39 is 0 Å². The zero-order valence-corrected chi connectivity index (χ0v) is 18.5. The molecule has 6 heteroatoms. The summed E-state index contributed by atoms with van der Waals surface area (Å²) in [5, 5.41) is 4.32. The first-order valence-corrected chi connectivity index (χ1v) is 12.1. The number of allylic oxidation sites excluding steroid dienone is 3. The van der Waals surface area contributed by atoms with Gasteiger partial charge in [0.05, 0.1) is 17.1 Å². The summed E-state index contributed by atoms with van der Waals surface area (Å²) in [6, 6.07) is 4.42. The highest BCUT2D eigenvalue weighted by Gasteiger charge is 2.26. The number of rotatable bonds is 5. The second-order valence-electron chi connectivity index (χ2n) is 8.32. The van der Waals surface area contributed by atoms with Crippen molar-refractivity contribution >= 4 is 23.1 Å². The number of thiophene rings is 1. The molecule has 0 aromatic carbocycles. The molecule has 0 amide bonds. The summed E-state index contributed by atoms with van der Waals surface area (Å²) in [6.07, 6.45) is 17.1. The first-order valence-electron chi connectivity index (χ1n) is 11.1. The molecule has 3 aromatic rings. The number of aromatic nitrogens is 3. The molecule has 5 nitrogen and oxygen atoms in total. The predicted octanol–water partition coefficient (Wildman–Crippen LogP) is 5.38. The van der Waals surface area contributed by atoms with Crippen LogP contribution in [0, 0.1) is 0 Å². The number of hydrogen-bond donors (Lipinski definition) is 3. The Labute approximate surface area is 187 Å². The molecule has 1 fully saturated rings. The normalized spacial score (nSPS) is 17.1. The third-order valence-corrected chi connectivity index (χ3v) is 7.11. The van der Waals surface area contributed by atoms with Gasteiger partial charge in [-0.1, -0.05) is 37.5 Å². The standard InChI is InChI=1S/C25H29N5S/c26-11-12-30-22(15-27)24(29-25(30)17-6-2-1-3-7-17)21-14-18-8-4-5-9-20(23(18)28-21)19-10-13-31-16-19/h4-5,9-14,16-17,28H,1-3,6-8,15,26-27H2/b12-11-. The topological polar surface area (TPSA) is 85.7 Å². The van der Waals surface area contributed by atoms with Crippen LogP contribution in [0.5, 0.6) is 0 Å². The summed E-state index contributed by atoms with van der Waals surface area (Å²) in [4.78, 5) is 8.86. The monoisotopic (exact) mass is 431 g/mol. The van der Waals surface area contributed by atoms with Crippen molar-refractivity contribution in [1.82, 2.24) is 14.5 Å². The van der Waals surface area contributed by atoms with Crippen LogP contribution in [-0.4, -0.2) is 14.5 Å². The maximum Gasteiger partial charge on any atom is 0.117 e. The Morgan fingerprint density at radius 1 is 1.26 bits per heavy atom. The van der Waals surface area contributed by atoms with Gasteiger partial charge in [0.2, 0.25) is 0 Å². The molecule has 3 heterocycles. The molecule has 0 saturated heterocycles. The van der Waals surface area contributed by atoms with Gasteiger partial charge in [-0.05, 0) is 53.3 Å². The molecule has 5 N–H and O–H groups in total. The van der Waals surface area contributed by atoms with E-state index in [1.807, 2.05) is 6.20 Å². The molecule has 0 bridgehead atoms. The highest BCUT2D eigenvalue weighted by atomic mass is 32.1. The highest BCUT2D eigenvalue weighted by molar-refractivity contribution is 7.08. The molecule has 0 atom stereocenters. The average molecular weight is 432 g/mol. The van der Waals surface area contributed by atoms with E-state index in [0.717, 1.165) is 29.3 Å². The van der Waals surface area contributed by atoms with E-state index in [-0.39, 0.29) is 0 Å². The van der Waals surface area contributed by atoms with Gasteiger partial charge in [0, 0.05) is 30.4 Å². The van der Waals surface area contributed by atoms with Crippen molar-refractivity contribution in [2.45, 2.75) is 51.0 Å². The molecular weight excluding hydrogens is 402 g/mol. The van der Waals surface area contributed by atoms with Crippen LogP contribution in [0.1, 0.15) is 66.4 Å². The van der Waals surface area contributed by atoms with Gasteiger partial charge in [0.1, 0.15) is 11.5 Å². The molecule has 5 rings (SSSR count). The van der Waals surface area contributed by atoms with Crippen LogP contribution in [0.3, 0.4) is 0 Å². The average Bonchev–Trinajstić information content (AvgIpc) is 3.52. The first kappa shape index (κ1) is 20.1. The minimum atomic E-state index is 0.413. The minimum absolute atomic E-state index is 0.413.